The lowest BCUT2D eigenvalue weighted by molar-refractivity contribution is -0.144. The van der Waals surface area contributed by atoms with Gasteiger partial charge >= 0.3 is 6.18 Å². The summed E-state index contributed by atoms with van der Waals surface area (Å²) >= 11 is 0. The number of alkyl halides is 5. The molecule has 172 valence electrons. The summed E-state index contributed by atoms with van der Waals surface area (Å²) in [6.07, 6.45) is 0.0588. The van der Waals surface area contributed by atoms with Crippen LogP contribution in [0.1, 0.15) is 47.6 Å². The molecule has 0 aromatic carbocycles. The van der Waals surface area contributed by atoms with Crippen LogP contribution >= 0.6 is 0 Å². The highest BCUT2D eigenvalue weighted by molar-refractivity contribution is 5.88. The molecule has 0 saturated heterocycles. The van der Waals surface area contributed by atoms with Crippen LogP contribution in [0.2, 0.25) is 0 Å². The number of aromatic nitrogens is 6. The van der Waals surface area contributed by atoms with E-state index in [2.05, 4.69) is 20.2 Å². The zero-order valence-corrected chi connectivity index (χ0v) is 17.2. The van der Waals surface area contributed by atoms with Crippen molar-refractivity contribution < 1.29 is 26.7 Å². The standard InChI is InChI=1S/C14H15F2N3.C5H5F3N4O/c1-14(15,16)13-8-10(5-6-17-13)12-9-11-4-2-3-7-19(11)18-12;1-12-3(2(9)13)10-4(11-12)5(6,7)8/h5-6,8-9H,2-4,7H2,1H3;1H3,(H2,9,13). The van der Waals surface area contributed by atoms with Gasteiger partial charge in [-0.3, -0.25) is 14.5 Å². The van der Waals surface area contributed by atoms with Gasteiger partial charge in [-0.05, 0) is 37.5 Å². The molecule has 3 aromatic heterocycles. The van der Waals surface area contributed by atoms with Crippen LogP contribution in [-0.2, 0) is 32.1 Å². The number of halogens is 5. The molecule has 0 saturated carbocycles. The Balaban J connectivity index is 0.000000195. The number of pyridine rings is 1. The van der Waals surface area contributed by atoms with Gasteiger partial charge in [0.25, 0.3) is 17.7 Å². The molecule has 4 rings (SSSR count). The molecule has 0 atom stereocenters. The molecule has 0 aliphatic carbocycles. The highest BCUT2D eigenvalue weighted by Gasteiger charge is 2.37. The Labute approximate surface area is 179 Å². The molecule has 1 aliphatic rings. The molecule has 8 nitrogen and oxygen atoms in total. The first kappa shape index (κ1) is 23.3. The first-order chi connectivity index (χ1) is 14.9. The highest BCUT2D eigenvalue weighted by Crippen LogP contribution is 2.29. The second kappa shape index (κ2) is 8.63. The quantitative estimate of drug-likeness (QED) is 0.608. The fourth-order valence-electron chi connectivity index (χ4n) is 3.11. The van der Waals surface area contributed by atoms with E-state index in [0.29, 0.717) is 10.2 Å². The van der Waals surface area contributed by atoms with Crippen LogP contribution in [0, 0.1) is 0 Å². The number of nitrogens with two attached hydrogens (primary N) is 1. The number of nitrogens with zero attached hydrogens (tertiary/aromatic N) is 6. The summed E-state index contributed by atoms with van der Waals surface area (Å²) in [6, 6.07) is 5.14. The third-order valence-electron chi connectivity index (χ3n) is 4.66. The van der Waals surface area contributed by atoms with E-state index in [1.54, 1.807) is 6.07 Å². The molecule has 32 heavy (non-hydrogen) atoms. The molecule has 0 spiro atoms. The Morgan fingerprint density at radius 3 is 2.38 bits per heavy atom. The van der Waals surface area contributed by atoms with Crippen LogP contribution in [0.4, 0.5) is 22.0 Å². The van der Waals surface area contributed by atoms with Gasteiger partial charge in [0.2, 0.25) is 5.82 Å². The van der Waals surface area contributed by atoms with Crippen LogP contribution in [-0.4, -0.2) is 35.4 Å². The predicted octanol–water partition coefficient (Wildman–Crippen LogP) is 3.33. The lowest BCUT2D eigenvalue weighted by Crippen LogP contribution is -2.17. The molecule has 4 heterocycles. The number of carbonyl (C=O) groups is 1. The Morgan fingerprint density at radius 2 is 1.84 bits per heavy atom. The van der Waals surface area contributed by atoms with Crippen molar-refractivity contribution in [1.82, 2.24) is 29.5 Å². The molecule has 2 N–H and O–H groups in total. The first-order valence-electron chi connectivity index (χ1n) is 9.55. The summed E-state index contributed by atoms with van der Waals surface area (Å²) in [6.45, 7) is 1.77. The number of hydrogen-bond donors (Lipinski definition) is 1. The molecular weight excluding hydrogens is 437 g/mol. The number of aryl methyl sites for hydroxylation is 3. The molecule has 0 fully saturated rings. The Bertz CT molecular complexity index is 1090. The monoisotopic (exact) mass is 457 g/mol. The van der Waals surface area contributed by atoms with Crippen LogP contribution in [0.25, 0.3) is 11.3 Å². The van der Waals surface area contributed by atoms with Crippen molar-refractivity contribution in [1.29, 1.82) is 0 Å². The smallest absolute Gasteiger partial charge is 0.363 e. The zero-order valence-electron chi connectivity index (χ0n) is 17.2. The molecule has 0 bridgehead atoms. The van der Waals surface area contributed by atoms with Gasteiger partial charge in [0.15, 0.2) is 0 Å². The summed E-state index contributed by atoms with van der Waals surface area (Å²) in [7, 11) is 1.16. The minimum atomic E-state index is -4.66. The Kier molecular flexibility index (Phi) is 6.28. The van der Waals surface area contributed by atoms with Gasteiger partial charge in [-0.15, -0.1) is 5.10 Å². The fraction of sp³-hybridized carbons (Fsp3) is 0.421. The molecule has 0 unspecified atom stereocenters. The largest absolute Gasteiger partial charge is 0.453 e. The highest BCUT2D eigenvalue weighted by atomic mass is 19.4. The SMILES string of the molecule is CC(F)(F)c1cc(-c2cc3n(n2)CCCC3)ccn1.Cn1nc(C(F)(F)F)nc1C(N)=O. The van der Waals surface area contributed by atoms with Crippen molar-refractivity contribution in [3.8, 4) is 11.3 Å². The van der Waals surface area contributed by atoms with Gasteiger partial charge in [0.1, 0.15) is 5.69 Å². The van der Waals surface area contributed by atoms with Gasteiger partial charge < -0.3 is 5.73 Å². The minimum Gasteiger partial charge on any atom is -0.363 e. The number of rotatable bonds is 3. The number of carbonyl (C=O) groups excluding carboxylic acids is 1. The second-order valence-electron chi connectivity index (χ2n) is 7.26. The van der Waals surface area contributed by atoms with E-state index in [4.69, 9.17) is 5.73 Å². The van der Waals surface area contributed by atoms with E-state index in [1.165, 1.54) is 24.4 Å². The molecule has 1 aliphatic heterocycles. The van der Waals surface area contributed by atoms with E-state index in [9.17, 15) is 26.7 Å². The average Bonchev–Trinajstić information content (AvgIpc) is 3.31. The summed E-state index contributed by atoms with van der Waals surface area (Å²) in [5, 5.41) is 7.47. The van der Waals surface area contributed by atoms with Gasteiger partial charge in [0, 0.05) is 38.0 Å². The maximum Gasteiger partial charge on any atom is 0.453 e. The Morgan fingerprint density at radius 1 is 1.12 bits per heavy atom. The molecular formula is C19H20F5N7O. The van der Waals surface area contributed by atoms with E-state index in [0.717, 1.165) is 39.1 Å². The second-order valence-corrected chi connectivity index (χ2v) is 7.26. The van der Waals surface area contributed by atoms with Crippen LogP contribution in [0.3, 0.4) is 0 Å². The fourth-order valence-corrected chi connectivity index (χ4v) is 3.11. The van der Waals surface area contributed by atoms with Crippen molar-refractivity contribution in [2.24, 2.45) is 12.8 Å². The predicted molar refractivity (Wildman–Crippen MR) is 102 cm³/mol. The summed E-state index contributed by atoms with van der Waals surface area (Å²) in [5.41, 5.74) is 7.17. The molecule has 3 aromatic rings. The average molecular weight is 457 g/mol. The van der Waals surface area contributed by atoms with Crippen molar-refractivity contribution in [2.45, 2.75) is 44.8 Å². The Hall–Kier alpha value is -3.38. The summed E-state index contributed by atoms with van der Waals surface area (Å²) < 4.78 is 65.1. The number of hydrogen-bond acceptors (Lipinski definition) is 5. The van der Waals surface area contributed by atoms with E-state index in [1.807, 2.05) is 10.7 Å². The van der Waals surface area contributed by atoms with Crippen LogP contribution in [0.15, 0.2) is 24.4 Å². The molecule has 0 radical (unpaired) electrons. The van der Waals surface area contributed by atoms with E-state index in [-0.39, 0.29) is 5.69 Å². The minimum absolute atomic E-state index is 0.212. The number of amides is 1. The van der Waals surface area contributed by atoms with E-state index < -0.39 is 29.7 Å². The zero-order chi connectivity index (χ0) is 23.7. The number of primary amides is 1. The van der Waals surface area contributed by atoms with Crippen molar-refractivity contribution in [2.75, 3.05) is 0 Å². The van der Waals surface area contributed by atoms with Gasteiger partial charge in [-0.2, -0.15) is 32.0 Å². The van der Waals surface area contributed by atoms with Crippen LogP contribution < -0.4 is 5.73 Å². The topological polar surface area (TPSA) is 105 Å². The van der Waals surface area contributed by atoms with Crippen LogP contribution in [0.5, 0.6) is 0 Å². The summed E-state index contributed by atoms with van der Waals surface area (Å²) in [5.74, 6) is -5.86. The summed E-state index contributed by atoms with van der Waals surface area (Å²) in [4.78, 5) is 17.2. The molecule has 1 amide bonds. The van der Waals surface area contributed by atoms with Gasteiger partial charge in [0.05, 0.1) is 5.69 Å². The van der Waals surface area contributed by atoms with Crippen molar-refractivity contribution in [3.63, 3.8) is 0 Å². The van der Waals surface area contributed by atoms with Crippen molar-refractivity contribution in [3.05, 3.63) is 47.4 Å². The number of fused-ring (bicyclic) bond motifs is 1. The third kappa shape index (κ3) is 5.26. The van der Waals surface area contributed by atoms with Gasteiger partial charge in [-0.25, -0.2) is 4.68 Å². The lowest BCUT2D eigenvalue weighted by Gasteiger charge is -2.11. The third-order valence-corrected chi connectivity index (χ3v) is 4.66. The molecule has 13 heteroatoms. The van der Waals surface area contributed by atoms with Gasteiger partial charge in [-0.1, -0.05) is 0 Å². The maximum atomic E-state index is 13.3. The maximum absolute atomic E-state index is 13.3. The normalized spacial score (nSPS) is 13.8. The lowest BCUT2D eigenvalue weighted by atomic mass is 10.1. The van der Waals surface area contributed by atoms with Crippen molar-refractivity contribution >= 4 is 5.91 Å². The van der Waals surface area contributed by atoms with E-state index >= 15 is 0 Å². The first-order valence-corrected chi connectivity index (χ1v) is 9.55.